The molecule has 2 saturated heterocycles. The van der Waals surface area contributed by atoms with Gasteiger partial charge in [0.15, 0.2) is 0 Å². The van der Waals surface area contributed by atoms with Crippen LogP contribution in [-0.4, -0.2) is 45.7 Å². The van der Waals surface area contributed by atoms with Crippen molar-refractivity contribution in [3.63, 3.8) is 0 Å². The van der Waals surface area contributed by atoms with E-state index >= 15 is 0 Å². The molecule has 2 fully saturated rings. The van der Waals surface area contributed by atoms with E-state index in [9.17, 15) is 4.21 Å². The normalized spacial score (nSPS) is 29.0. The Bertz CT molecular complexity index is 470. The van der Waals surface area contributed by atoms with Gasteiger partial charge in [-0.2, -0.15) is 0 Å². The molecule has 0 radical (unpaired) electrons. The molecule has 0 N–H and O–H groups in total. The second-order valence-electron chi connectivity index (χ2n) is 3.88. The highest BCUT2D eigenvalue weighted by Crippen LogP contribution is 2.34. The molecule has 0 aromatic carbocycles. The number of morpholine rings is 1. The third-order valence-electron chi connectivity index (χ3n) is 2.90. The Hall–Kier alpha value is -0.720. The van der Waals surface area contributed by atoms with Gasteiger partial charge in [0, 0.05) is 18.9 Å². The minimum atomic E-state index is -1.21. The van der Waals surface area contributed by atoms with E-state index in [-0.39, 0.29) is 5.16 Å². The van der Waals surface area contributed by atoms with Crippen molar-refractivity contribution in [2.75, 3.05) is 24.3 Å². The third kappa shape index (κ3) is 1.52. The first-order valence-electron chi connectivity index (χ1n) is 4.91. The lowest BCUT2D eigenvalue weighted by Crippen LogP contribution is -2.71. The molecule has 1 aromatic rings. The standard InChI is InChI=1S/C9H10ClN3O2S/c1-16(14)9-11-7(10)2-8(12-9)13-3-6-5(13)4-15-6/h2,5-6H,3-4H2,1H3/t5-,6?,16?/m1/s1. The van der Waals surface area contributed by atoms with Crippen LogP contribution in [0.3, 0.4) is 0 Å². The summed E-state index contributed by atoms with van der Waals surface area (Å²) in [5.41, 5.74) is 0. The van der Waals surface area contributed by atoms with Crippen LogP contribution < -0.4 is 4.90 Å². The molecule has 5 nitrogen and oxygen atoms in total. The summed E-state index contributed by atoms with van der Waals surface area (Å²) < 4.78 is 16.6. The Morgan fingerprint density at radius 2 is 2.44 bits per heavy atom. The molecule has 0 bridgehead atoms. The molecule has 3 heterocycles. The van der Waals surface area contributed by atoms with Crippen molar-refractivity contribution < 1.29 is 8.95 Å². The van der Waals surface area contributed by atoms with Gasteiger partial charge in [-0.3, -0.25) is 4.21 Å². The fraction of sp³-hybridized carbons (Fsp3) is 0.556. The SMILES string of the molecule is CS(=O)c1nc(Cl)cc(N2CC3OC[C@H]32)n1. The van der Waals surface area contributed by atoms with E-state index in [1.54, 1.807) is 12.3 Å². The smallest absolute Gasteiger partial charge is 0.221 e. The van der Waals surface area contributed by atoms with Crippen molar-refractivity contribution in [2.24, 2.45) is 0 Å². The Morgan fingerprint density at radius 1 is 1.62 bits per heavy atom. The van der Waals surface area contributed by atoms with Crippen LogP contribution in [0.5, 0.6) is 0 Å². The van der Waals surface area contributed by atoms with Crippen LogP contribution in [-0.2, 0) is 15.5 Å². The van der Waals surface area contributed by atoms with E-state index < -0.39 is 10.8 Å². The molecule has 3 rings (SSSR count). The van der Waals surface area contributed by atoms with E-state index in [0.29, 0.717) is 17.3 Å². The fourth-order valence-electron chi connectivity index (χ4n) is 1.90. The maximum atomic E-state index is 11.3. The van der Waals surface area contributed by atoms with Gasteiger partial charge >= 0.3 is 0 Å². The summed E-state index contributed by atoms with van der Waals surface area (Å²) >= 11 is 5.88. The first-order chi connectivity index (χ1) is 7.65. The van der Waals surface area contributed by atoms with Gasteiger partial charge in [0.1, 0.15) is 11.0 Å². The van der Waals surface area contributed by atoms with E-state index in [1.165, 1.54) is 0 Å². The van der Waals surface area contributed by atoms with Crippen LogP contribution in [0.4, 0.5) is 5.82 Å². The topological polar surface area (TPSA) is 55.3 Å². The van der Waals surface area contributed by atoms with Crippen molar-refractivity contribution in [3.8, 4) is 0 Å². The summed E-state index contributed by atoms with van der Waals surface area (Å²) in [7, 11) is -1.21. The van der Waals surface area contributed by atoms with Gasteiger partial charge in [0.05, 0.1) is 29.6 Å². The highest BCUT2D eigenvalue weighted by Gasteiger charge is 2.48. The van der Waals surface area contributed by atoms with Crippen molar-refractivity contribution in [2.45, 2.75) is 17.3 Å². The molecule has 2 aliphatic heterocycles. The minimum absolute atomic E-state index is 0.284. The Morgan fingerprint density at radius 3 is 2.94 bits per heavy atom. The summed E-state index contributed by atoms with van der Waals surface area (Å²) in [5, 5.41) is 0.616. The van der Waals surface area contributed by atoms with Crippen LogP contribution in [0.1, 0.15) is 0 Å². The van der Waals surface area contributed by atoms with E-state index in [0.717, 1.165) is 19.0 Å². The molecule has 2 unspecified atom stereocenters. The Labute approximate surface area is 100 Å². The molecule has 0 spiro atoms. The summed E-state index contributed by atoms with van der Waals surface area (Å²) in [6, 6.07) is 2.11. The zero-order chi connectivity index (χ0) is 11.3. The van der Waals surface area contributed by atoms with Crippen molar-refractivity contribution in [3.05, 3.63) is 11.2 Å². The second kappa shape index (κ2) is 3.65. The molecule has 7 heteroatoms. The quantitative estimate of drug-likeness (QED) is 0.570. The number of halogens is 1. The zero-order valence-corrected chi connectivity index (χ0v) is 10.2. The van der Waals surface area contributed by atoms with Gasteiger partial charge < -0.3 is 9.64 Å². The number of nitrogens with zero attached hydrogens (tertiary/aromatic N) is 3. The molecule has 0 saturated carbocycles. The van der Waals surface area contributed by atoms with E-state index in [1.807, 2.05) is 0 Å². The zero-order valence-electron chi connectivity index (χ0n) is 8.59. The van der Waals surface area contributed by atoms with Crippen LogP contribution >= 0.6 is 11.6 Å². The number of aromatic nitrogens is 2. The molecular formula is C9H10ClN3O2S. The lowest BCUT2D eigenvalue weighted by molar-refractivity contribution is -0.113. The van der Waals surface area contributed by atoms with Gasteiger partial charge in [-0.25, -0.2) is 9.97 Å². The largest absolute Gasteiger partial charge is 0.372 e. The van der Waals surface area contributed by atoms with Crippen molar-refractivity contribution in [1.29, 1.82) is 0 Å². The molecule has 2 aliphatic rings. The third-order valence-corrected chi connectivity index (χ3v) is 3.79. The molecule has 3 atom stereocenters. The number of fused-ring (bicyclic) bond motifs is 1. The van der Waals surface area contributed by atoms with Gasteiger partial charge in [-0.05, 0) is 0 Å². The van der Waals surface area contributed by atoms with Gasteiger partial charge in [-0.1, -0.05) is 11.6 Å². The average molecular weight is 260 g/mol. The van der Waals surface area contributed by atoms with Gasteiger partial charge in [-0.15, -0.1) is 0 Å². The summed E-state index contributed by atoms with van der Waals surface area (Å²) in [6.07, 6.45) is 1.88. The molecule has 86 valence electrons. The van der Waals surface area contributed by atoms with E-state index in [4.69, 9.17) is 16.3 Å². The van der Waals surface area contributed by atoms with E-state index in [2.05, 4.69) is 14.9 Å². The van der Waals surface area contributed by atoms with Gasteiger partial charge in [0.2, 0.25) is 5.16 Å². The van der Waals surface area contributed by atoms with Crippen molar-refractivity contribution >= 4 is 28.2 Å². The summed E-state index contributed by atoms with van der Waals surface area (Å²) in [5.74, 6) is 0.745. The fourth-order valence-corrected chi connectivity index (χ4v) is 2.58. The Kier molecular flexibility index (Phi) is 2.38. The Balaban J connectivity index is 1.91. The highest BCUT2D eigenvalue weighted by molar-refractivity contribution is 7.84. The van der Waals surface area contributed by atoms with Crippen molar-refractivity contribution in [1.82, 2.24) is 9.97 Å². The number of rotatable bonds is 2. The maximum Gasteiger partial charge on any atom is 0.221 e. The lowest BCUT2D eigenvalue weighted by Gasteiger charge is -2.55. The summed E-state index contributed by atoms with van der Waals surface area (Å²) in [4.78, 5) is 10.3. The molecule has 0 aliphatic carbocycles. The predicted molar refractivity (Wildman–Crippen MR) is 60.2 cm³/mol. The number of hydrogen-bond donors (Lipinski definition) is 0. The molecule has 0 amide bonds. The second-order valence-corrected chi connectivity index (χ2v) is 5.54. The van der Waals surface area contributed by atoms with Crippen LogP contribution in [0.2, 0.25) is 5.15 Å². The lowest BCUT2D eigenvalue weighted by atomic mass is 9.95. The summed E-state index contributed by atoms with van der Waals surface area (Å²) in [6.45, 7) is 1.56. The molecule has 1 aromatic heterocycles. The average Bonchev–Trinajstić information content (AvgIpc) is 2.21. The molecular weight excluding hydrogens is 250 g/mol. The first-order valence-corrected chi connectivity index (χ1v) is 6.85. The van der Waals surface area contributed by atoms with Crippen LogP contribution in [0.15, 0.2) is 11.2 Å². The predicted octanol–water partition coefficient (Wildman–Crippen LogP) is 0.455. The maximum absolute atomic E-state index is 11.3. The number of anilines is 1. The molecule has 16 heavy (non-hydrogen) atoms. The number of hydrogen-bond acceptors (Lipinski definition) is 5. The number of ether oxygens (including phenoxy) is 1. The van der Waals surface area contributed by atoms with Gasteiger partial charge in [0.25, 0.3) is 0 Å². The van der Waals surface area contributed by atoms with Crippen LogP contribution in [0.25, 0.3) is 0 Å². The first kappa shape index (κ1) is 10.4. The minimum Gasteiger partial charge on any atom is -0.372 e. The van der Waals surface area contributed by atoms with Crippen LogP contribution in [0, 0.1) is 0 Å². The monoisotopic (exact) mass is 259 g/mol. The highest BCUT2D eigenvalue weighted by atomic mass is 35.5.